The van der Waals surface area contributed by atoms with E-state index in [-0.39, 0.29) is 11.3 Å². The van der Waals surface area contributed by atoms with Gasteiger partial charge in [-0.15, -0.1) is 10.2 Å². The molecular weight excluding hydrogens is 454 g/mol. The molecule has 1 N–H and O–H groups in total. The monoisotopic (exact) mass is 473 g/mol. The Kier molecular flexibility index (Phi) is 6.82. The number of nitrogens with one attached hydrogen (secondary N) is 1. The molecule has 0 aliphatic carbocycles. The molecule has 0 saturated carbocycles. The molecule has 0 fully saturated rings. The summed E-state index contributed by atoms with van der Waals surface area (Å²) in [7, 11) is -4.34. The van der Waals surface area contributed by atoms with Crippen molar-refractivity contribution in [2.45, 2.75) is 25.2 Å². The molecule has 0 amide bonds. The predicted octanol–water partition coefficient (Wildman–Crippen LogP) is 3.86. The first-order valence-electron chi connectivity index (χ1n) is 9.65. The van der Waals surface area contributed by atoms with Gasteiger partial charge in [0.1, 0.15) is 10.5 Å². The minimum atomic E-state index is -4.34. The van der Waals surface area contributed by atoms with E-state index in [1.807, 2.05) is 6.92 Å². The molecule has 0 aliphatic heterocycles. The van der Waals surface area contributed by atoms with E-state index in [1.165, 1.54) is 19.1 Å². The lowest BCUT2D eigenvalue weighted by molar-refractivity contribution is -0.395. The molecule has 1 aromatic heterocycles. The van der Waals surface area contributed by atoms with Crippen LogP contribution in [0.5, 0.6) is 5.88 Å². The third-order valence-electron chi connectivity index (χ3n) is 4.56. The molecule has 0 bridgehead atoms. The van der Waals surface area contributed by atoms with E-state index in [4.69, 9.17) is 4.74 Å². The average Bonchev–Trinajstić information content (AvgIpc) is 2.78. The van der Waals surface area contributed by atoms with E-state index >= 15 is 0 Å². The standard InChI is InChI=1S/C20H19N5O7S/c1-3-10-32-20-9-8-17(21-22-20)14-4-6-15(7-5-14)23-33(30,31)16-11-18(24(26)27)13(2)19(12-16)25(28)29/h4-9,11-12,23H,3,10H2,1-2H3. The van der Waals surface area contributed by atoms with Crippen LogP contribution in [0, 0.1) is 27.2 Å². The van der Waals surface area contributed by atoms with Crippen molar-refractivity contribution >= 4 is 27.1 Å². The van der Waals surface area contributed by atoms with Crippen molar-refractivity contribution in [1.29, 1.82) is 0 Å². The van der Waals surface area contributed by atoms with Crippen molar-refractivity contribution < 1.29 is 23.0 Å². The van der Waals surface area contributed by atoms with Crippen LogP contribution >= 0.6 is 0 Å². The molecule has 1 heterocycles. The van der Waals surface area contributed by atoms with Gasteiger partial charge in [-0.3, -0.25) is 25.0 Å². The van der Waals surface area contributed by atoms with E-state index in [0.29, 0.717) is 23.7 Å². The summed E-state index contributed by atoms with van der Waals surface area (Å²) in [4.78, 5) is 20.1. The molecule has 33 heavy (non-hydrogen) atoms. The molecule has 13 heteroatoms. The predicted molar refractivity (Wildman–Crippen MR) is 119 cm³/mol. The minimum Gasteiger partial charge on any atom is -0.477 e. The summed E-state index contributed by atoms with van der Waals surface area (Å²) in [6.07, 6.45) is 0.837. The SMILES string of the molecule is CCCOc1ccc(-c2ccc(NS(=O)(=O)c3cc([N+](=O)[O-])c(C)c([N+](=O)[O-])c3)cc2)nn1. The first-order chi connectivity index (χ1) is 15.6. The Hall–Kier alpha value is -4.13. The number of sulfonamides is 1. The quantitative estimate of drug-likeness (QED) is 0.358. The van der Waals surface area contributed by atoms with Gasteiger partial charge in [0.25, 0.3) is 21.4 Å². The Morgan fingerprint density at radius 3 is 2.06 bits per heavy atom. The van der Waals surface area contributed by atoms with Crippen LogP contribution in [0.25, 0.3) is 11.3 Å². The van der Waals surface area contributed by atoms with E-state index in [9.17, 15) is 28.6 Å². The molecule has 12 nitrogen and oxygen atoms in total. The third kappa shape index (κ3) is 5.38. The number of anilines is 1. The number of ether oxygens (including phenoxy) is 1. The maximum absolute atomic E-state index is 12.7. The molecule has 0 atom stereocenters. The van der Waals surface area contributed by atoms with Gasteiger partial charge in [0, 0.05) is 29.4 Å². The van der Waals surface area contributed by atoms with Crippen LogP contribution in [-0.4, -0.2) is 35.1 Å². The molecule has 0 saturated heterocycles. The Morgan fingerprint density at radius 2 is 1.58 bits per heavy atom. The van der Waals surface area contributed by atoms with Gasteiger partial charge in [-0.25, -0.2) is 8.42 Å². The van der Waals surface area contributed by atoms with Gasteiger partial charge in [-0.2, -0.15) is 0 Å². The molecule has 172 valence electrons. The average molecular weight is 473 g/mol. The Morgan fingerprint density at radius 1 is 0.970 bits per heavy atom. The summed E-state index contributed by atoms with van der Waals surface area (Å²) in [6, 6.07) is 11.1. The highest BCUT2D eigenvalue weighted by molar-refractivity contribution is 7.92. The summed E-state index contributed by atoms with van der Waals surface area (Å²) >= 11 is 0. The Bertz CT molecular complexity index is 1260. The fraction of sp³-hybridized carbons (Fsp3) is 0.200. The van der Waals surface area contributed by atoms with Crippen LogP contribution in [0.3, 0.4) is 0 Å². The number of aromatic nitrogens is 2. The van der Waals surface area contributed by atoms with Gasteiger partial charge in [0.2, 0.25) is 5.88 Å². The summed E-state index contributed by atoms with van der Waals surface area (Å²) in [5.74, 6) is 0.395. The first kappa shape index (κ1) is 23.5. The largest absolute Gasteiger partial charge is 0.477 e. The van der Waals surface area contributed by atoms with Crippen molar-refractivity contribution in [3.63, 3.8) is 0 Å². The van der Waals surface area contributed by atoms with Gasteiger partial charge >= 0.3 is 0 Å². The van der Waals surface area contributed by atoms with Gasteiger partial charge in [-0.05, 0) is 31.5 Å². The van der Waals surface area contributed by atoms with Crippen molar-refractivity contribution in [3.8, 4) is 17.1 Å². The molecule has 3 rings (SSSR count). The second kappa shape index (κ2) is 9.56. The third-order valence-corrected chi connectivity index (χ3v) is 5.92. The number of hydrogen-bond acceptors (Lipinski definition) is 9. The van der Waals surface area contributed by atoms with E-state index < -0.39 is 36.1 Å². The lowest BCUT2D eigenvalue weighted by Gasteiger charge is -2.10. The molecule has 2 aromatic carbocycles. The van der Waals surface area contributed by atoms with Crippen molar-refractivity contribution in [1.82, 2.24) is 10.2 Å². The van der Waals surface area contributed by atoms with Crippen LogP contribution in [-0.2, 0) is 10.0 Å². The smallest absolute Gasteiger partial charge is 0.280 e. The number of benzene rings is 2. The second-order valence-electron chi connectivity index (χ2n) is 6.89. The number of nitro groups is 2. The molecule has 0 unspecified atom stereocenters. The summed E-state index contributed by atoms with van der Waals surface area (Å²) in [6.45, 7) is 3.68. The van der Waals surface area contributed by atoms with Gasteiger partial charge in [0.15, 0.2) is 0 Å². The van der Waals surface area contributed by atoms with E-state index in [0.717, 1.165) is 18.6 Å². The zero-order valence-corrected chi connectivity index (χ0v) is 18.4. The molecular formula is C20H19N5O7S. The van der Waals surface area contributed by atoms with Gasteiger partial charge < -0.3 is 4.74 Å². The Labute approximate surface area is 188 Å². The fourth-order valence-electron chi connectivity index (χ4n) is 2.87. The first-order valence-corrected chi connectivity index (χ1v) is 11.1. The topological polar surface area (TPSA) is 167 Å². The summed E-state index contributed by atoms with van der Waals surface area (Å²) in [5, 5.41) is 30.5. The minimum absolute atomic E-state index is 0.153. The zero-order chi connectivity index (χ0) is 24.2. The highest BCUT2D eigenvalue weighted by atomic mass is 32.2. The molecule has 0 spiro atoms. The Balaban J connectivity index is 1.85. The van der Waals surface area contributed by atoms with Crippen LogP contribution in [0.2, 0.25) is 0 Å². The van der Waals surface area contributed by atoms with Crippen LogP contribution < -0.4 is 9.46 Å². The van der Waals surface area contributed by atoms with E-state index in [1.54, 1.807) is 24.3 Å². The van der Waals surface area contributed by atoms with Crippen LogP contribution in [0.15, 0.2) is 53.4 Å². The van der Waals surface area contributed by atoms with Crippen molar-refractivity contribution in [2.75, 3.05) is 11.3 Å². The number of nitro benzene ring substituents is 2. The van der Waals surface area contributed by atoms with Gasteiger partial charge in [0.05, 0.1) is 22.1 Å². The van der Waals surface area contributed by atoms with Crippen molar-refractivity contribution in [3.05, 3.63) is 74.3 Å². The molecule has 0 aliphatic rings. The number of hydrogen-bond donors (Lipinski definition) is 1. The maximum atomic E-state index is 12.7. The molecule has 0 radical (unpaired) electrons. The number of rotatable bonds is 9. The highest BCUT2D eigenvalue weighted by Gasteiger charge is 2.28. The number of nitrogens with zero attached hydrogens (tertiary/aromatic N) is 4. The van der Waals surface area contributed by atoms with E-state index in [2.05, 4.69) is 14.9 Å². The lowest BCUT2D eigenvalue weighted by Crippen LogP contribution is -2.14. The van der Waals surface area contributed by atoms with Crippen molar-refractivity contribution in [2.24, 2.45) is 0 Å². The normalized spacial score (nSPS) is 11.1. The van der Waals surface area contributed by atoms with Crippen LogP contribution in [0.1, 0.15) is 18.9 Å². The zero-order valence-electron chi connectivity index (χ0n) is 17.6. The fourth-order valence-corrected chi connectivity index (χ4v) is 3.97. The lowest BCUT2D eigenvalue weighted by atomic mass is 10.1. The maximum Gasteiger partial charge on any atom is 0.280 e. The highest BCUT2D eigenvalue weighted by Crippen LogP contribution is 2.32. The van der Waals surface area contributed by atoms with Gasteiger partial charge in [-0.1, -0.05) is 19.1 Å². The second-order valence-corrected chi connectivity index (χ2v) is 8.57. The summed E-state index contributed by atoms with van der Waals surface area (Å²) in [5.41, 5.74) is -0.206. The van der Waals surface area contributed by atoms with Crippen LogP contribution in [0.4, 0.5) is 17.1 Å². The summed E-state index contributed by atoms with van der Waals surface area (Å²) < 4.78 is 33.1. The molecule has 3 aromatic rings.